The summed E-state index contributed by atoms with van der Waals surface area (Å²) in [4.78, 5) is 13.5. The summed E-state index contributed by atoms with van der Waals surface area (Å²) in [5.74, 6) is 0.195. The standard InChI is InChI=1S/C11H18BrNO2/c1-9(2)8-15-7-6-13-5-3-4-10(12)11(13)14/h10H,1,3-8H2,2H3. The predicted molar refractivity (Wildman–Crippen MR) is 64.2 cm³/mol. The van der Waals surface area contributed by atoms with Crippen molar-refractivity contribution in [1.82, 2.24) is 4.90 Å². The topological polar surface area (TPSA) is 29.5 Å². The summed E-state index contributed by atoms with van der Waals surface area (Å²) in [6.07, 6.45) is 2.02. The fourth-order valence-corrected chi connectivity index (χ4v) is 2.15. The van der Waals surface area contributed by atoms with E-state index in [9.17, 15) is 4.79 Å². The average molecular weight is 276 g/mol. The van der Waals surface area contributed by atoms with Gasteiger partial charge in [-0.05, 0) is 19.8 Å². The van der Waals surface area contributed by atoms with Gasteiger partial charge in [-0.25, -0.2) is 0 Å². The van der Waals surface area contributed by atoms with E-state index < -0.39 is 0 Å². The van der Waals surface area contributed by atoms with E-state index in [0.29, 0.717) is 19.8 Å². The first-order valence-corrected chi connectivity index (χ1v) is 6.18. The Balaban J connectivity index is 2.20. The van der Waals surface area contributed by atoms with Crippen LogP contribution >= 0.6 is 15.9 Å². The van der Waals surface area contributed by atoms with Crippen molar-refractivity contribution in [3.8, 4) is 0 Å². The lowest BCUT2D eigenvalue weighted by Crippen LogP contribution is -2.43. The first-order valence-electron chi connectivity index (χ1n) is 5.26. The molecule has 1 atom stereocenters. The zero-order valence-corrected chi connectivity index (χ0v) is 10.8. The van der Waals surface area contributed by atoms with Crippen molar-refractivity contribution in [2.24, 2.45) is 0 Å². The quantitative estimate of drug-likeness (QED) is 0.436. The molecule has 86 valence electrons. The fourth-order valence-electron chi connectivity index (χ4n) is 1.54. The van der Waals surface area contributed by atoms with Crippen LogP contribution in [0, 0.1) is 0 Å². The summed E-state index contributed by atoms with van der Waals surface area (Å²) in [5, 5.41) is 0. The number of rotatable bonds is 5. The van der Waals surface area contributed by atoms with E-state index >= 15 is 0 Å². The number of alkyl halides is 1. The molecule has 0 aromatic rings. The minimum Gasteiger partial charge on any atom is -0.375 e. The maximum Gasteiger partial charge on any atom is 0.236 e. The van der Waals surface area contributed by atoms with Crippen LogP contribution in [0.15, 0.2) is 12.2 Å². The van der Waals surface area contributed by atoms with E-state index in [4.69, 9.17) is 4.74 Å². The van der Waals surface area contributed by atoms with Crippen LogP contribution in [-0.2, 0) is 9.53 Å². The minimum absolute atomic E-state index is 0.00684. The van der Waals surface area contributed by atoms with Gasteiger partial charge in [0.2, 0.25) is 5.91 Å². The molecule has 1 fully saturated rings. The largest absolute Gasteiger partial charge is 0.375 e. The zero-order chi connectivity index (χ0) is 11.3. The van der Waals surface area contributed by atoms with E-state index in [-0.39, 0.29) is 10.7 Å². The molecule has 1 unspecified atom stereocenters. The molecule has 0 aromatic carbocycles. The Morgan fingerprint density at radius 3 is 3.13 bits per heavy atom. The average Bonchev–Trinajstić information content (AvgIpc) is 2.18. The molecule has 0 aromatic heterocycles. The number of carbonyl (C=O) groups is 1. The molecule has 0 N–H and O–H groups in total. The van der Waals surface area contributed by atoms with Crippen molar-refractivity contribution >= 4 is 21.8 Å². The van der Waals surface area contributed by atoms with Gasteiger partial charge in [-0.1, -0.05) is 28.1 Å². The van der Waals surface area contributed by atoms with E-state index in [1.165, 1.54) is 0 Å². The summed E-state index contributed by atoms with van der Waals surface area (Å²) in [7, 11) is 0. The third-order valence-corrected chi connectivity index (χ3v) is 3.17. The van der Waals surface area contributed by atoms with Crippen LogP contribution in [0.25, 0.3) is 0 Å². The summed E-state index contributed by atoms with van der Waals surface area (Å²) in [6.45, 7) is 8.41. The molecule has 3 nitrogen and oxygen atoms in total. The van der Waals surface area contributed by atoms with Crippen LogP contribution in [0.2, 0.25) is 0 Å². The van der Waals surface area contributed by atoms with Gasteiger partial charge < -0.3 is 9.64 Å². The van der Waals surface area contributed by atoms with Gasteiger partial charge in [0.05, 0.1) is 18.0 Å². The van der Waals surface area contributed by atoms with Crippen molar-refractivity contribution in [2.45, 2.75) is 24.6 Å². The smallest absolute Gasteiger partial charge is 0.236 e. The molecule has 1 rings (SSSR count). The monoisotopic (exact) mass is 275 g/mol. The number of hydrogen-bond donors (Lipinski definition) is 0. The summed E-state index contributed by atoms with van der Waals surface area (Å²) in [5.41, 5.74) is 1.01. The second kappa shape index (κ2) is 6.28. The SMILES string of the molecule is C=C(C)COCCN1CCCC(Br)C1=O. The van der Waals surface area contributed by atoms with E-state index in [1.54, 1.807) is 0 Å². The first kappa shape index (κ1) is 12.7. The second-order valence-electron chi connectivity index (χ2n) is 3.94. The molecule has 0 aliphatic carbocycles. The number of likely N-dealkylation sites (tertiary alicyclic amines) is 1. The maximum absolute atomic E-state index is 11.7. The minimum atomic E-state index is 0.00684. The Kier molecular flexibility index (Phi) is 5.32. The number of ether oxygens (including phenoxy) is 1. The van der Waals surface area contributed by atoms with Crippen molar-refractivity contribution < 1.29 is 9.53 Å². The Bertz CT molecular complexity index is 243. The number of nitrogens with zero attached hydrogens (tertiary/aromatic N) is 1. The van der Waals surface area contributed by atoms with Crippen LogP contribution in [0.4, 0.5) is 0 Å². The zero-order valence-electron chi connectivity index (χ0n) is 9.17. The summed E-state index contributed by atoms with van der Waals surface area (Å²) < 4.78 is 5.37. The molecule has 4 heteroatoms. The Labute approximate surface area is 99.6 Å². The molecular weight excluding hydrogens is 258 g/mol. The molecule has 1 amide bonds. The third-order valence-electron chi connectivity index (χ3n) is 2.32. The first-order chi connectivity index (χ1) is 7.11. The summed E-state index contributed by atoms with van der Waals surface area (Å²) in [6, 6.07) is 0. The number of halogens is 1. The normalized spacial score (nSPS) is 21.9. The van der Waals surface area contributed by atoms with Crippen molar-refractivity contribution in [3.05, 3.63) is 12.2 Å². The van der Waals surface area contributed by atoms with Gasteiger partial charge in [0.1, 0.15) is 0 Å². The molecule has 15 heavy (non-hydrogen) atoms. The molecule has 0 saturated carbocycles. The van der Waals surface area contributed by atoms with Gasteiger partial charge in [-0.15, -0.1) is 0 Å². The van der Waals surface area contributed by atoms with Crippen molar-refractivity contribution in [1.29, 1.82) is 0 Å². The Morgan fingerprint density at radius 1 is 1.73 bits per heavy atom. The fraction of sp³-hybridized carbons (Fsp3) is 0.727. The molecule has 0 bridgehead atoms. The lowest BCUT2D eigenvalue weighted by Gasteiger charge is -2.29. The lowest BCUT2D eigenvalue weighted by molar-refractivity contribution is -0.133. The molecule has 1 aliphatic rings. The van der Waals surface area contributed by atoms with Gasteiger partial charge >= 0.3 is 0 Å². The van der Waals surface area contributed by atoms with Gasteiger partial charge in [0, 0.05) is 13.1 Å². The Hall–Kier alpha value is -0.350. The molecule has 1 saturated heterocycles. The molecule has 1 aliphatic heterocycles. The summed E-state index contributed by atoms with van der Waals surface area (Å²) >= 11 is 3.38. The number of carbonyl (C=O) groups excluding carboxylic acids is 1. The van der Waals surface area contributed by atoms with Crippen molar-refractivity contribution in [3.63, 3.8) is 0 Å². The molecule has 0 radical (unpaired) electrons. The number of amides is 1. The molecule has 1 heterocycles. The highest BCUT2D eigenvalue weighted by atomic mass is 79.9. The predicted octanol–water partition coefficient (Wildman–Crippen LogP) is 1.97. The highest BCUT2D eigenvalue weighted by Gasteiger charge is 2.25. The number of piperidine rings is 1. The van der Waals surface area contributed by atoms with Gasteiger partial charge in [-0.2, -0.15) is 0 Å². The van der Waals surface area contributed by atoms with Crippen LogP contribution in [0.3, 0.4) is 0 Å². The Morgan fingerprint density at radius 2 is 2.47 bits per heavy atom. The van der Waals surface area contributed by atoms with Gasteiger partial charge in [-0.3, -0.25) is 4.79 Å². The van der Waals surface area contributed by atoms with Crippen LogP contribution in [-0.4, -0.2) is 41.9 Å². The van der Waals surface area contributed by atoms with Gasteiger partial charge in [0.15, 0.2) is 0 Å². The third kappa shape index (κ3) is 4.34. The van der Waals surface area contributed by atoms with E-state index in [2.05, 4.69) is 22.5 Å². The van der Waals surface area contributed by atoms with E-state index in [0.717, 1.165) is 25.0 Å². The van der Waals surface area contributed by atoms with Crippen molar-refractivity contribution in [2.75, 3.05) is 26.3 Å². The van der Waals surface area contributed by atoms with Crippen LogP contribution < -0.4 is 0 Å². The van der Waals surface area contributed by atoms with Crippen LogP contribution in [0.5, 0.6) is 0 Å². The molecule has 0 spiro atoms. The van der Waals surface area contributed by atoms with Gasteiger partial charge in [0.25, 0.3) is 0 Å². The van der Waals surface area contributed by atoms with Crippen LogP contribution in [0.1, 0.15) is 19.8 Å². The highest BCUT2D eigenvalue weighted by molar-refractivity contribution is 9.10. The lowest BCUT2D eigenvalue weighted by atomic mass is 10.1. The molecular formula is C11H18BrNO2. The second-order valence-corrected chi connectivity index (χ2v) is 5.05. The maximum atomic E-state index is 11.7. The van der Waals surface area contributed by atoms with E-state index in [1.807, 2.05) is 11.8 Å². The number of hydrogen-bond acceptors (Lipinski definition) is 2. The highest BCUT2D eigenvalue weighted by Crippen LogP contribution is 2.17.